The Morgan fingerprint density at radius 1 is 0.981 bits per heavy atom. The summed E-state index contributed by atoms with van der Waals surface area (Å²) in [6.07, 6.45) is 8.63. The molecule has 0 unspecified atom stereocenters. The fourth-order valence-corrected chi connectivity index (χ4v) is 7.82. The molecule has 1 amide bonds. The van der Waals surface area contributed by atoms with E-state index in [1.54, 1.807) is 6.33 Å². The zero-order valence-electron chi connectivity index (χ0n) is 30.8. The van der Waals surface area contributed by atoms with E-state index in [0.717, 1.165) is 115 Å². The first-order valence-corrected chi connectivity index (χ1v) is 20.0. The maximum absolute atomic E-state index is 13.9. The van der Waals surface area contributed by atoms with Crippen molar-refractivity contribution in [1.82, 2.24) is 9.55 Å². The van der Waals surface area contributed by atoms with Gasteiger partial charge in [-0.15, -0.1) is 0 Å². The molecule has 3 heterocycles. The molecule has 0 aliphatic carbocycles. The second kappa shape index (κ2) is 18.5. The molecule has 0 saturated carbocycles. The van der Waals surface area contributed by atoms with Crippen LogP contribution in [0.4, 0.5) is 11.4 Å². The van der Waals surface area contributed by atoms with Gasteiger partial charge in [-0.1, -0.05) is 31.5 Å². The topological polar surface area (TPSA) is 94.9 Å². The van der Waals surface area contributed by atoms with E-state index in [4.69, 9.17) is 14.2 Å². The van der Waals surface area contributed by atoms with Gasteiger partial charge in [0.15, 0.2) is 0 Å². The highest BCUT2D eigenvalue weighted by molar-refractivity contribution is 7.84. The Morgan fingerprint density at radius 3 is 2.50 bits per heavy atom. The van der Waals surface area contributed by atoms with Crippen LogP contribution in [-0.2, 0) is 37.4 Å². The number of hydrogen-bond donors (Lipinski definition) is 1. The minimum atomic E-state index is -1.23. The summed E-state index contributed by atoms with van der Waals surface area (Å²) < 4.78 is 32.3. The molecule has 1 atom stereocenters. The van der Waals surface area contributed by atoms with Crippen molar-refractivity contribution in [1.29, 1.82) is 0 Å². The summed E-state index contributed by atoms with van der Waals surface area (Å²) in [5.41, 5.74) is 7.64. The normalized spacial score (nSPS) is 16.4. The molecule has 52 heavy (non-hydrogen) atoms. The molecule has 0 radical (unpaired) electrons. The predicted octanol–water partition coefficient (Wildman–Crippen LogP) is 8.04. The van der Waals surface area contributed by atoms with Crippen LogP contribution in [0, 0.1) is 12.8 Å². The molecular formula is C42H52N4O5S. The van der Waals surface area contributed by atoms with Crippen LogP contribution in [0.15, 0.2) is 83.5 Å². The number of carbonyl (C=O) groups excluding carboxylic acids is 1. The van der Waals surface area contributed by atoms with Gasteiger partial charge in [0.25, 0.3) is 5.91 Å². The van der Waals surface area contributed by atoms with Gasteiger partial charge >= 0.3 is 0 Å². The maximum Gasteiger partial charge on any atom is 0.251 e. The molecular weight excluding hydrogens is 673 g/mol. The second-order valence-electron chi connectivity index (χ2n) is 13.6. The van der Waals surface area contributed by atoms with Crippen LogP contribution >= 0.6 is 0 Å². The zero-order chi connectivity index (χ0) is 36.3. The third kappa shape index (κ3) is 9.79. The lowest BCUT2D eigenvalue weighted by atomic mass is 9.98. The van der Waals surface area contributed by atoms with Gasteiger partial charge in [0.2, 0.25) is 0 Å². The Hall–Kier alpha value is -4.25. The molecule has 1 N–H and O–H groups in total. The molecule has 1 saturated heterocycles. The third-order valence-corrected chi connectivity index (χ3v) is 11.1. The van der Waals surface area contributed by atoms with Gasteiger partial charge in [0.05, 0.1) is 54.1 Å². The minimum absolute atomic E-state index is 0.117. The van der Waals surface area contributed by atoms with Crippen molar-refractivity contribution < 1.29 is 23.2 Å². The number of aromatic nitrogens is 2. The van der Waals surface area contributed by atoms with Crippen LogP contribution in [-0.4, -0.2) is 65.8 Å². The molecule has 3 aromatic carbocycles. The quantitative estimate of drug-likeness (QED) is 0.117. The summed E-state index contributed by atoms with van der Waals surface area (Å²) in [4.78, 5) is 21.4. The second-order valence-corrected chi connectivity index (χ2v) is 15.1. The van der Waals surface area contributed by atoms with Crippen LogP contribution in [0.3, 0.4) is 0 Å². The number of rotatable bonds is 16. The average Bonchev–Trinajstić information content (AvgIpc) is 3.53. The van der Waals surface area contributed by atoms with E-state index in [0.29, 0.717) is 37.0 Å². The van der Waals surface area contributed by atoms with E-state index in [2.05, 4.69) is 65.5 Å². The van der Waals surface area contributed by atoms with Crippen molar-refractivity contribution in [3.8, 4) is 16.9 Å². The lowest BCUT2D eigenvalue weighted by molar-refractivity contribution is -0.112. The fraction of sp³-hybridized carbons (Fsp3) is 0.429. The molecule has 2 aliphatic heterocycles. The number of aryl methyl sites for hydroxylation is 2. The number of benzene rings is 3. The Morgan fingerprint density at radius 2 is 1.77 bits per heavy atom. The summed E-state index contributed by atoms with van der Waals surface area (Å²) in [7, 11) is -1.23. The molecule has 1 aromatic heterocycles. The van der Waals surface area contributed by atoms with Crippen molar-refractivity contribution in [3.63, 3.8) is 0 Å². The Bertz CT molecular complexity index is 1830. The standard InChI is InChI=1S/C42H52N4O5S/c1-4-6-21-49-22-23-51-38-15-10-33(11-16-38)34-12-19-40-36(24-34)25-35(9-7-8-20-46(40)26-32-27-50-28-32)42(47)44-37-13-17-39(18-14-37)52(48)29-41-31(3)43-30-45(41)5-2/h10-19,24-25,30,32H,4-9,20-23,26-29H2,1-3H3,(H,44,47)/b35-25+/t52-/m1/s1. The monoisotopic (exact) mass is 724 g/mol. The smallest absolute Gasteiger partial charge is 0.251 e. The summed E-state index contributed by atoms with van der Waals surface area (Å²) in [6.45, 7) is 12.3. The van der Waals surface area contributed by atoms with Gasteiger partial charge in [0.1, 0.15) is 12.4 Å². The first kappa shape index (κ1) is 37.5. The van der Waals surface area contributed by atoms with E-state index in [9.17, 15) is 9.00 Å². The van der Waals surface area contributed by atoms with E-state index < -0.39 is 10.8 Å². The van der Waals surface area contributed by atoms with Gasteiger partial charge in [0, 0.05) is 54.0 Å². The number of imidazole rings is 1. The van der Waals surface area contributed by atoms with E-state index in [1.807, 2.05) is 47.9 Å². The van der Waals surface area contributed by atoms with Gasteiger partial charge in [-0.25, -0.2) is 4.98 Å². The molecule has 2 aliphatic rings. The van der Waals surface area contributed by atoms with Gasteiger partial charge < -0.3 is 29.0 Å². The number of carbonyl (C=O) groups is 1. The predicted molar refractivity (Wildman–Crippen MR) is 209 cm³/mol. The Labute approximate surface area is 310 Å². The molecule has 1 fully saturated rings. The van der Waals surface area contributed by atoms with Crippen LogP contribution in [0.2, 0.25) is 0 Å². The van der Waals surface area contributed by atoms with Crippen molar-refractivity contribution in [3.05, 3.63) is 95.6 Å². The van der Waals surface area contributed by atoms with Crippen molar-refractivity contribution in [2.75, 3.05) is 56.3 Å². The number of unbranched alkanes of at least 4 members (excludes halogenated alkanes) is 1. The number of hydrogen-bond acceptors (Lipinski definition) is 7. The van der Waals surface area contributed by atoms with Gasteiger partial charge in [-0.2, -0.15) is 0 Å². The largest absolute Gasteiger partial charge is 0.491 e. The number of ether oxygens (including phenoxy) is 3. The molecule has 276 valence electrons. The van der Waals surface area contributed by atoms with E-state index >= 15 is 0 Å². The molecule has 0 spiro atoms. The van der Waals surface area contributed by atoms with Gasteiger partial charge in [-0.05, 0) is 111 Å². The van der Waals surface area contributed by atoms with Crippen LogP contribution in [0.1, 0.15) is 62.9 Å². The summed E-state index contributed by atoms with van der Waals surface area (Å²) in [6, 6.07) is 22.1. The average molecular weight is 725 g/mol. The van der Waals surface area contributed by atoms with E-state index in [1.165, 1.54) is 0 Å². The highest BCUT2D eigenvalue weighted by Crippen LogP contribution is 2.34. The van der Waals surface area contributed by atoms with Crippen molar-refractivity contribution in [2.24, 2.45) is 5.92 Å². The number of nitrogens with one attached hydrogen (secondary N) is 1. The highest BCUT2D eigenvalue weighted by atomic mass is 32.2. The van der Waals surface area contributed by atoms with E-state index in [-0.39, 0.29) is 5.91 Å². The first-order valence-electron chi connectivity index (χ1n) is 18.7. The first-order chi connectivity index (χ1) is 25.4. The van der Waals surface area contributed by atoms with Crippen molar-refractivity contribution >= 4 is 34.2 Å². The number of nitrogens with zero attached hydrogens (tertiary/aromatic N) is 3. The zero-order valence-corrected chi connectivity index (χ0v) is 31.6. The number of anilines is 2. The molecule has 10 heteroatoms. The number of fused-ring (bicyclic) bond motifs is 1. The summed E-state index contributed by atoms with van der Waals surface area (Å²) in [5.74, 6) is 1.61. The lowest BCUT2D eigenvalue weighted by Crippen LogP contribution is -2.40. The third-order valence-electron chi connectivity index (χ3n) is 9.76. The molecule has 0 bridgehead atoms. The van der Waals surface area contributed by atoms with Crippen LogP contribution in [0.25, 0.3) is 17.2 Å². The van der Waals surface area contributed by atoms with Crippen LogP contribution in [0.5, 0.6) is 5.75 Å². The minimum Gasteiger partial charge on any atom is -0.491 e. The summed E-state index contributed by atoms with van der Waals surface area (Å²) in [5, 5.41) is 3.12. The molecule has 9 nitrogen and oxygen atoms in total. The SMILES string of the molecule is CCCCOCCOc1ccc(-c2ccc3c(c2)/C=C(/C(=O)Nc2ccc([S@](=O)Cc4c(C)ncn4CC)cc2)CCCCN3CC2COC2)cc1. The summed E-state index contributed by atoms with van der Waals surface area (Å²) >= 11 is 0. The maximum atomic E-state index is 13.9. The lowest BCUT2D eigenvalue weighted by Gasteiger charge is -2.34. The Kier molecular flexibility index (Phi) is 13.3. The highest BCUT2D eigenvalue weighted by Gasteiger charge is 2.24. The number of amides is 1. The molecule has 4 aromatic rings. The Balaban J connectivity index is 1.19. The van der Waals surface area contributed by atoms with Gasteiger partial charge in [-0.3, -0.25) is 9.00 Å². The van der Waals surface area contributed by atoms with Crippen molar-refractivity contribution in [2.45, 2.75) is 70.1 Å². The van der Waals surface area contributed by atoms with Crippen LogP contribution < -0.4 is 15.0 Å². The fourth-order valence-electron chi connectivity index (χ4n) is 6.59. The molecule has 6 rings (SSSR count).